The summed E-state index contributed by atoms with van der Waals surface area (Å²) in [5.74, 6) is 0.817. The maximum absolute atomic E-state index is 5.77. The van der Waals surface area contributed by atoms with Gasteiger partial charge in [0, 0.05) is 23.5 Å². The van der Waals surface area contributed by atoms with Gasteiger partial charge in [-0.1, -0.05) is 0 Å². The van der Waals surface area contributed by atoms with Gasteiger partial charge in [0.05, 0.1) is 7.11 Å². The van der Waals surface area contributed by atoms with E-state index in [2.05, 4.69) is 4.98 Å². The third-order valence-corrected chi connectivity index (χ3v) is 1.82. The number of methoxy groups -OCH3 is 1. The Bertz CT molecular complexity index is 271. The van der Waals surface area contributed by atoms with Crippen molar-refractivity contribution in [2.75, 3.05) is 7.11 Å². The fourth-order valence-corrected chi connectivity index (χ4v) is 1.29. The number of hydrogen-bond donors (Lipinski definition) is 1. The standard InChI is InChI=1S/C9H14N2O/c1-6(10)9-7(2)11-5-4-8(9)12-3/h4-6H,10H2,1-3H3. The predicted molar refractivity (Wildman–Crippen MR) is 48.1 cm³/mol. The highest BCUT2D eigenvalue weighted by Crippen LogP contribution is 2.24. The molecule has 0 aliphatic rings. The van der Waals surface area contributed by atoms with Crippen molar-refractivity contribution in [3.05, 3.63) is 23.5 Å². The second-order valence-electron chi connectivity index (χ2n) is 2.80. The lowest BCUT2D eigenvalue weighted by Gasteiger charge is -2.12. The number of nitrogens with zero attached hydrogens (tertiary/aromatic N) is 1. The van der Waals surface area contributed by atoms with Crippen molar-refractivity contribution in [3.8, 4) is 5.75 Å². The molecule has 1 unspecified atom stereocenters. The van der Waals surface area contributed by atoms with E-state index in [4.69, 9.17) is 10.5 Å². The van der Waals surface area contributed by atoms with Crippen LogP contribution in [0.4, 0.5) is 0 Å². The largest absolute Gasteiger partial charge is 0.496 e. The van der Waals surface area contributed by atoms with Crippen LogP contribution in [0.15, 0.2) is 12.3 Å². The molecular formula is C9H14N2O. The maximum Gasteiger partial charge on any atom is 0.126 e. The Morgan fingerprint density at radius 1 is 1.58 bits per heavy atom. The van der Waals surface area contributed by atoms with Gasteiger partial charge < -0.3 is 10.5 Å². The predicted octanol–water partition coefficient (Wildman–Crippen LogP) is 1.42. The van der Waals surface area contributed by atoms with Gasteiger partial charge in [0.2, 0.25) is 0 Å². The normalized spacial score (nSPS) is 12.7. The molecule has 0 aromatic carbocycles. The monoisotopic (exact) mass is 166 g/mol. The third-order valence-electron chi connectivity index (χ3n) is 1.82. The number of ether oxygens (including phenoxy) is 1. The zero-order chi connectivity index (χ0) is 9.14. The Hall–Kier alpha value is -1.09. The highest BCUT2D eigenvalue weighted by molar-refractivity contribution is 5.37. The molecule has 3 heteroatoms. The molecular weight excluding hydrogens is 152 g/mol. The highest BCUT2D eigenvalue weighted by Gasteiger charge is 2.10. The van der Waals surface area contributed by atoms with Crippen molar-refractivity contribution < 1.29 is 4.74 Å². The Morgan fingerprint density at radius 3 is 2.67 bits per heavy atom. The van der Waals surface area contributed by atoms with Crippen molar-refractivity contribution >= 4 is 0 Å². The van der Waals surface area contributed by atoms with Gasteiger partial charge in [-0.05, 0) is 19.9 Å². The third kappa shape index (κ3) is 1.56. The van der Waals surface area contributed by atoms with Gasteiger partial charge in [-0.15, -0.1) is 0 Å². The summed E-state index contributed by atoms with van der Waals surface area (Å²) in [4.78, 5) is 4.15. The summed E-state index contributed by atoms with van der Waals surface area (Å²) in [6.07, 6.45) is 1.72. The number of rotatable bonds is 2. The molecule has 1 aromatic rings. The first-order chi connectivity index (χ1) is 5.66. The fourth-order valence-electron chi connectivity index (χ4n) is 1.29. The first kappa shape index (κ1) is 9.00. The van der Waals surface area contributed by atoms with E-state index in [1.165, 1.54) is 0 Å². The van der Waals surface area contributed by atoms with Crippen LogP contribution in [0.2, 0.25) is 0 Å². The van der Waals surface area contributed by atoms with Crippen LogP contribution in [0.5, 0.6) is 5.75 Å². The van der Waals surface area contributed by atoms with E-state index < -0.39 is 0 Å². The summed E-state index contributed by atoms with van der Waals surface area (Å²) in [5.41, 5.74) is 7.69. The van der Waals surface area contributed by atoms with Crippen LogP contribution in [0.3, 0.4) is 0 Å². The molecule has 0 aliphatic heterocycles. The minimum atomic E-state index is -0.0337. The molecule has 1 atom stereocenters. The number of pyridine rings is 1. The van der Waals surface area contributed by atoms with E-state index in [9.17, 15) is 0 Å². The summed E-state index contributed by atoms with van der Waals surface area (Å²) in [6, 6.07) is 1.79. The van der Waals surface area contributed by atoms with Crippen molar-refractivity contribution in [1.29, 1.82) is 0 Å². The van der Waals surface area contributed by atoms with Crippen LogP contribution < -0.4 is 10.5 Å². The minimum Gasteiger partial charge on any atom is -0.496 e. The zero-order valence-corrected chi connectivity index (χ0v) is 7.66. The summed E-state index contributed by atoms with van der Waals surface area (Å²) in [5, 5.41) is 0. The number of nitrogens with two attached hydrogens (primary N) is 1. The molecule has 1 heterocycles. The molecule has 0 spiro atoms. The molecule has 0 saturated heterocycles. The topological polar surface area (TPSA) is 48.1 Å². The van der Waals surface area contributed by atoms with E-state index in [1.54, 1.807) is 13.3 Å². The van der Waals surface area contributed by atoms with Crippen LogP contribution in [0, 0.1) is 6.92 Å². The molecule has 0 saturated carbocycles. The van der Waals surface area contributed by atoms with Gasteiger partial charge in [0.1, 0.15) is 5.75 Å². The molecule has 3 nitrogen and oxygen atoms in total. The summed E-state index contributed by atoms with van der Waals surface area (Å²) in [6.45, 7) is 3.85. The van der Waals surface area contributed by atoms with E-state index in [-0.39, 0.29) is 6.04 Å². The molecule has 0 aliphatic carbocycles. The fraction of sp³-hybridized carbons (Fsp3) is 0.444. The van der Waals surface area contributed by atoms with Gasteiger partial charge >= 0.3 is 0 Å². The van der Waals surface area contributed by atoms with Gasteiger partial charge in [0.25, 0.3) is 0 Å². The smallest absolute Gasteiger partial charge is 0.126 e. The van der Waals surface area contributed by atoms with Crippen molar-refractivity contribution in [2.45, 2.75) is 19.9 Å². The first-order valence-electron chi connectivity index (χ1n) is 3.92. The SMILES string of the molecule is COc1ccnc(C)c1C(C)N. The zero-order valence-electron chi connectivity index (χ0n) is 7.66. The lowest BCUT2D eigenvalue weighted by Crippen LogP contribution is -2.09. The van der Waals surface area contributed by atoms with Gasteiger partial charge in [-0.3, -0.25) is 4.98 Å². The quantitative estimate of drug-likeness (QED) is 0.722. The molecule has 2 N–H and O–H groups in total. The van der Waals surface area contributed by atoms with Crippen LogP contribution in [0.1, 0.15) is 24.2 Å². The van der Waals surface area contributed by atoms with Gasteiger partial charge in [-0.25, -0.2) is 0 Å². The Kier molecular flexibility index (Phi) is 2.65. The number of aryl methyl sites for hydroxylation is 1. The van der Waals surface area contributed by atoms with E-state index in [1.807, 2.05) is 19.9 Å². The number of aromatic nitrogens is 1. The molecule has 1 aromatic heterocycles. The van der Waals surface area contributed by atoms with Crippen LogP contribution in [-0.4, -0.2) is 12.1 Å². The lowest BCUT2D eigenvalue weighted by molar-refractivity contribution is 0.405. The van der Waals surface area contributed by atoms with Crippen molar-refractivity contribution in [1.82, 2.24) is 4.98 Å². The molecule has 66 valence electrons. The Balaban J connectivity index is 3.20. The van der Waals surface area contributed by atoms with Crippen molar-refractivity contribution in [2.24, 2.45) is 5.73 Å². The van der Waals surface area contributed by atoms with Gasteiger partial charge in [0.15, 0.2) is 0 Å². The van der Waals surface area contributed by atoms with Gasteiger partial charge in [-0.2, -0.15) is 0 Å². The second-order valence-corrected chi connectivity index (χ2v) is 2.80. The summed E-state index contributed by atoms with van der Waals surface area (Å²) < 4.78 is 5.17. The van der Waals surface area contributed by atoms with E-state index >= 15 is 0 Å². The maximum atomic E-state index is 5.77. The van der Waals surface area contributed by atoms with E-state index in [0.717, 1.165) is 17.0 Å². The van der Waals surface area contributed by atoms with Crippen LogP contribution in [0.25, 0.3) is 0 Å². The van der Waals surface area contributed by atoms with E-state index in [0.29, 0.717) is 0 Å². The Morgan fingerprint density at radius 2 is 2.25 bits per heavy atom. The first-order valence-corrected chi connectivity index (χ1v) is 3.92. The Labute approximate surface area is 72.6 Å². The molecule has 12 heavy (non-hydrogen) atoms. The molecule has 0 amide bonds. The van der Waals surface area contributed by atoms with Crippen LogP contribution in [-0.2, 0) is 0 Å². The summed E-state index contributed by atoms with van der Waals surface area (Å²) in [7, 11) is 1.64. The second kappa shape index (κ2) is 3.54. The average molecular weight is 166 g/mol. The van der Waals surface area contributed by atoms with Crippen molar-refractivity contribution in [3.63, 3.8) is 0 Å². The molecule has 0 fully saturated rings. The highest BCUT2D eigenvalue weighted by atomic mass is 16.5. The lowest BCUT2D eigenvalue weighted by atomic mass is 10.1. The van der Waals surface area contributed by atoms with Crippen LogP contribution >= 0.6 is 0 Å². The summed E-state index contributed by atoms with van der Waals surface area (Å²) >= 11 is 0. The molecule has 1 rings (SSSR count). The molecule has 0 bridgehead atoms. The average Bonchev–Trinajstić information content (AvgIpc) is 2.03. The minimum absolute atomic E-state index is 0.0337. The molecule has 0 radical (unpaired) electrons. The number of hydrogen-bond acceptors (Lipinski definition) is 3.